The molecule has 2 aliphatic heterocycles. The number of rotatable bonds is 5. The molecule has 4 heterocycles. The zero-order chi connectivity index (χ0) is 21.4. The van der Waals surface area contributed by atoms with E-state index in [0.717, 1.165) is 16.6 Å². The standard InChI is InChI=1S/C22H22N4O4S/c27-19-11-14(12-25(19)13-15-5-4-10-30-15)21(29)26-9-3-7-17(26)20(28)24-22-23-16-6-1-2-8-18(16)31-22/h1-2,4-6,8,10,14,17H,3,7,9,11-13H2,(H,23,24,28). The van der Waals surface area contributed by atoms with Crippen molar-refractivity contribution < 1.29 is 18.8 Å². The summed E-state index contributed by atoms with van der Waals surface area (Å²) in [6.45, 7) is 1.23. The van der Waals surface area contributed by atoms with Gasteiger partial charge in [0.1, 0.15) is 11.8 Å². The Morgan fingerprint density at radius 3 is 2.90 bits per heavy atom. The highest BCUT2D eigenvalue weighted by Gasteiger charge is 2.42. The number of benzene rings is 1. The summed E-state index contributed by atoms with van der Waals surface area (Å²) < 4.78 is 6.32. The van der Waals surface area contributed by atoms with Gasteiger partial charge in [0.05, 0.1) is 28.9 Å². The summed E-state index contributed by atoms with van der Waals surface area (Å²) in [5, 5.41) is 3.41. The normalized spacial score (nSPS) is 21.2. The quantitative estimate of drug-likeness (QED) is 0.661. The molecule has 1 N–H and O–H groups in total. The summed E-state index contributed by atoms with van der Waals surface area (Å²) in [4.78, 5) is 46.2. The lowest BCUT2D eigenvalue weighted by Gasteiger charge is -2.26. The van der Waals surface area contributed by atoms with Crippen LogP contribution in [0.5, 0.6) is 0 Å². The van der Waals surface area contributed by atoms with Gasteiger partial charge in [-0.2, -0.15) is 0 Å². The number of anilines is 1. The highest BCUT2D eigenvalue weighted by atomic mass is 32.1. The second-order valence-electron chi connectivity index (χ2n) is 7.92. The van der Waals surface area contributed by atoms with Crippen molar-refractivity contribution in [2.45, 2.75) is 31.8 Å². The van der Waals surface area contributed by atoms with Crippen LogP contribution in [0.15, 0.2) is 47.1 Å². The van der Waals surface area contributed by atoms with Crippen LogP contribution in [0.3, 0.4) is 0 Å². The molecular formula is C22H22N4O4S. The minimum absolute atomic E-state index is 0.0653. The third kappa shape index (κ3) is 3.93. The van der Waals surface area contributed by atoms with Gasteiger partial charge in [0.2, 0.25) is 17.7 Å². The van der Waals surface area contributed by atoms with Crippen LogP contribution in [0.1, 0.15) is 25.0 Å². The second kappa shape index (κ2) is 8.14. The number of carbonyl (C=O) groups excluding carboxylic acids is 3. The average Bonchev–Trinajstić information content (AvgIpc) is 3.55. The molecule has 5 rings (SSSR count). The predicted molar refractivity (Wildman–Crippen MR) is 115 cm³/mol. The number of para-hydroxylation sites is 1. The molecule has 1 aromatic carbocycles. The van der Waals surface area contributed by atoms with Gasteiger partial charge in [-0.25, -0.2) is 4.98 Å². The second-order valence-corrected chi connectivity index (χ2v) is 8.95. The number of thiazole rings is 1. The van der Waals surface area contributed by atoms with Gasteiger partial charge < -0.3 is 19.5 Å². The van der Waals surface area contributed by atoms with E-state index in [1.807, 2.05) is 30.3 Å². The smallest absolute Gasteiger partial charge is 0.248 e. The molecule has 0 radical (unpaired) electrons. The fourth-order valence-electron chi connectivity index (χ4n) is 4.33. The van der Waals surface area contributed by atoms with Crippen molar-refractivity contribution in [2.24, 2.45) is 5.92 Å². The van der Waals surface area contributed by atoms with Crippen LogP contribution in [0.2, 0.25) is 0 Å². The Kier molecular flexibility index (Phi) is 5.19. The van der Waals surface area contributed by atoms with E-state index in [1.54, 1.807) is 22.1 Å². The third-order valence-electron chi connectivity index (χ3n) is 5.85. The first-order valence-electron chi connectivity index (χ1n) is 10.4. The lowest BCUT2D eigenvalue weighted by molar-refractivity contribution is -0.140. The van der Waals surface area contributed by atoms with Crippen molar-refractivity contribution in [2.75, 3.05) is 18.4 Å². The SMILES string of the molecule is O=C(Nc1nc2ccccc2s1)C1CCCN1C(=O)C1CC(=O)N(Cc2ccco2)C1. The number of nitrogens with zero attached hydrogens (tertiary/aromatic N) is 3. The van der Waals surface area contributed by atoms with Crippen molar-refractivity contribution in [1.29, 1.82) is 0 Å². The average molecular weight is 439 g/mol. The highest BCUT2D eigenvalue weighted by molar-refractivity contribution is 7.22. The van der Waals surface area contributed by atoms with Gasteiger partial charge in [-0.05, 0) is 37.1 Å². The molecule has 2 aromatic heterocycles. The summed E-state index contributed by atoms with van der Waals surface area (Å²) in [5.74, 6) is -0.155. The van der Waals surface area contributed by atoms with E-state index in [1.165, 1.54) is 11.3 Å². The van der Waals surface area contributed by atoms with E-state index in [2.05, 4.69) is 10.3 Å². The zero-order valence-electron chi connectivity index (χ0n) is 16.8. The Morgan fingerprint density at radius 1 is 1.23 bits per heavy atom. The van der Waals surface area contributed by atoms with Gasteiger partial charge in [0, 0.05) is 19.5 Å². The lowest BCUT2D eigenvalue weighted by Crippen LogP contribution is -2.46. The van der Waals surface area contributed by atoms with Crippen LogP contribution in [-0.4, -0.2) is 51.6 Å². The molecule has 0 saturated carbocycles. The Balaban J connectivity index is 1.24. The van der Waals surface area contributed by atoms with Gasteiger partial charge in [-0.15, -0.1) is 0 Å². The van der Waals surface area contributed by atoms with E-state index in [4.69, 9.17) is 4.42 Å². The molecule has 2 saturated heterocycles. The molecule has 160 valence electrons. The first-order chi connectivity index (χ1) is 15.1. The Morgan fingerprint density at radius 2 is 2.10 bits per heavy atom. The number of furan rings is 1. The van der Waals surface area contributed by atoms with Crippen molar-refractivity contribution in [1.82, 2.24) is 14.8 Å². The number of nitrogens with one attached hydrogen (secondary N) is 1. The maximum absolute atomic E-state index is 13.2. The summed E-state index contributed by atoms with van der Waals surface area (Å²) in [6, 6.07) is 10.7. The number of amides is 3. The molecule has 2 atom stereocenters. The maximum atomic E-state index is 13.2. The molecule has 2 fully saturated rings. The van der Waals surface area contributed by atoms with E-state index in [9.17, 15) is 14.4 Å². The number of hydrogen-bond acceptors (Lipinski definition) is 6. The maximum Gasteiger partial charge on any atom is 0.248 e. The first-order valence-corrected chi connectivity index (χ1v) is 11.2. The summed E-state index contributed by atoms with van der Waals surface area (Å²) in [6.07, 6.45) is 3.11. The zero-order valence-corrected chi connectivity index (χ0v) is 17.6. The van der Waals surface area contributed by atoms with Crippen LogP contribution in [0.4, 0.5) is 5.13 Å². The van der Waals surface area contributed by atoms with Gasteiger partial charge in [0.25, 0.3) is 0 Å². The van der Waals surface area contributed by atoms with E-state index >= 15 is 0 Å². The molecule has 0 spiro atoms. The Hall–Kier alpha value is -3.20. The van der Waals surface area contributed by atoms with Crippen molar-refractivity contribution in [3.05, 3.63) is 48.4 Å². The number of aromatic nitrogens is 1. The minimum Gasteiger partial charge on any atom is -0.467 e. The molecule has 31 heavy (non-hydrogen) atoms. The van der Waals surface area contributed by atoms with Crippen molar-refractivity contribution in [3.8, 4) is 0 Å². The molecule has 0 aliphatic carbocycles. The van der Waals surface area contributed by atoms with Gasteiger partial charge in [0.15, 0.2) is 5.13 Å². The first kappa shape index (κ1) is 19.7. The van der Waals surface area contributed by atoms with Gasteiger partial charge in [-0.1, -0.05) is 23.5 Å². The van der Waals surface area contributed by atoms with Crippen molar-refractivity contribution >= 4 is 44.4 Å². The Labute approximate surface area is 182 Å². The molecular weight excluding hydrogens is 416 g/mol. The molecule has 3 aromatic rings. The number of likely N-dealkylation sites (tertiary alicyclic amines) is 2. The summed E-state index contributed by atoms with van der Waals surface area (Å²) in [5.41, 5.74) is 0.836. The van der Waals surface area contributed by atoms with Crippen LogP contribution in [0, 0.1) is 5.92 Å². The fraction of sp³-hybridized carbons (Fsp3) is 0.364. The molecule has 9 heteroatoms. The highest BCUT2D eigenvalue weighted by Crippen LogP contribution is 2.29. The summed E-state index contributed by atoms with van der Waals surface area (Å²) >= 11 is 1.41. The van der Waals surface area contributed by atoms with Gasteiger partial charge >= 0.3 is 0 Å². The van der Waals surface area contributed by atoms with Crippen LogP contribution >= 0.6 is 11.3 Å². The van der Waals surface area contributed by atoms with Crippen molar-refractivity contribution in [3.63, 3.8) is 0 Å². The number of hydrogen-bond donors (Lipinski definition) is 1. The molecule has 2 aliphatic rings. The van der Waals surface area contributed by atoms with Crippen LogP contribution in [-0.2, 0) is 20.9 Å². The fourth-order valence-corrected chi connectivity index (χ4v) is 5.20. The molecule has 2 unspecified atom stereocenters. The topological polar surface area (TPSA) is 95.8 Å². The monoisotopic (exact) mass is 438 g/mol. The van der Waals surface area contributed by atoms with Crippen LogP contribution < -0.4 is 5.32 Å². The van der Waals surface area contributed by atoms with E-state index in [-0.39, 0.29) is 24.1 Å². The van der Waals surface area contributed by atoms with E-state index in [0.29, 0.717) is 36.9 Å². The lowest BCUT2D eigenvalue weighted by atomic mass is 10.1. The largest absolute Gasteiger partial charge is 0.467 e. The molecule has 0 bridgehead atoms. The number of carbonyl (C=O) groups is 3. The number of fused-ring (bicyclic) bond motifs is 1. The molecule has 8 nitrogen and oxygen atoms in total. The Bertz CT molecular complexity index is 1090. The predicted octanol–water partition coefficient (Wildman–Crippen LogP) is 2.87. The minimum atomic E-state index is -0.534. The molecule has 3 amide bonds. The van der Waals surface area contributed by atoms with Crippen LogP contribution in [0.25, 0.3) is 10.2 Å². The van der Waals surface area contributed by atoms with Gasteiger partial charge in [-0.3, -0.25) is 14.4 Å². The van der Waals surface area contributed by atoms with E-state index < -0.39 is 12.0 Å². The summed E-state index contributed by atoms with van der Waals surface area (Å²) in [7, 11) is 0. The third-order valence-corrected chi connectivity index (χ3v) is 6.80.